The van der Waals surface area contributed by atoms with E-state index < -0.39 is 18.1 Å². The van der Waals surface area contributed by atoms with Crippen LogP contribution in [0.25, 0.3) is 0 Å². The number of benzene rings is 2. The molecule has 1 aliphatic rings. The number of rotatable bonds is 6. The van der Waals surface area contributed by atoms with Crippen molar-refractivity contribution in [2.45, 2.75) is 37.0 Å². The number of nitrogens with one attached hydrogen (secondary N) is 1. The quantitative estimate of drug-likeness (QED) is 0.559. The van der Waals surface area contributed by atoms with E-state index in [1.54, 1.807) is 35.9 Å². The summed E-state index contributed by atoms with van der Waals surface area (Å²) in [4.78, 5) is 4.92. The number of sulfonamides is 1. The molecule has 1 atom stereocenters. The van der Waals surface area contributed by atoms with Gasteiger partial charge in [-0.15, -0.1) is 0 Å². The fourth-order valence-electron chi connectivity index (χ4n) is 3.83. The first-order chi connectivity index (χ1) is 14.5. The molecular formula is C22H27N3O4SSi. The molecule has 0 fully saturated rings. The fourth-order valence-corrected chi connectivity index (χ4v) is 7.08. The van der Waals surface area contributed by atoms with Crippen LogP contribution in [-0.4, -0.2) is 32.8 Å². The molecule has 1 aliphatic heterocycles. The van der Waals surface area contributed by atoms with E-state index in [-0.39, 0.29) is 17.2 Å². The maximum Gasteiger partial charge on any atom is 0.264 e. The Hall–Kier alpha value is -2.78. The summed E-state index contributed by atoms with van der Waals surface area (Å²) in [6, 6.07) is 12.7. The Kier molecular flexibility index (Phi) is 5.34. The van der Waals surface area contributed by atoms with Gasteiger partial charge in [-0.3, -0.25) is 0 Å². The lowest BCUT2D eigenvalue weighted by molar-refractivity contribution is 0.174. The smallest absolute Gasteiger partial charge is 0.264 e. The molecule has 0 bridgehead atoms. The Morgan fingerprint density at radius 1 is 1.06 bits per heavy atom. The Morgan fingerprint density at radius 2 is 1.74 bits per heavy atom. The highest BCUT2D eigenvalue weighted by atomic mass is 32.2. The molecule has 4 rings (SSSR count). The molecule has 2 heterocycles. The monoisotopic (exact) mass is 457 g/mol. The minimum atomic E-state index is -3.73. The molecule has 2 aromatic carbocycles. The van der Waals surface area contributed by atoms with E-state index in [9.17, 15) is 8.42 Å². The van der Waals surface area contributed by atoms with Crippen LogP contribution in [0, 0.1) is 6.92 Å². The van der Waals surface area contributed by atoms with Gasteiger partial charge in [0.15, 0.2) is 11.5 Å². The highest BCUT2D eigenvalue weighted by molar-refractivity contribution is 7.92. The lowest BCUT2D eigenvalue weighted by atomic mass is 10.1. The van der Waals surface area contributed by atoms with Crippen LogP contribution in [0.3, 0.4) is 0 Å². The van der Waals surface area contributed by atoms with Crippen molar-refractivity contribution in [3.8, 4) is 11.5 Å². The molecule has 0 saturated heterocycles. The summed E-state index contributed by atoms with van der Waals surface area (Å²) in [6.45, 7) is 8.96. The third-order valence-electron chi connectivity index (χ3n) is 5.34. The maximum atomic E-state index is 12.9. The number of aromatic nitrogens is 2. The molecular weight excluding hydrogens is 430 g/mol. The van der Waals surface area contributed by atoms with E-state index in [0.717, 1.165) is 28.3 Å². The highest BCUT2D eigenvalue weighted by Gasteiger charge is 2.33. The van der Waals surface area contributed by atoms with Gasteiger partial charge in [0.2, 0.25) is 12.7 Å². The largest absolute Gasteiger partial charge is 0.454 e. The van der Waals surface area contributed by atoms with E-state index in [2.05, 4.69) is 24.4 Å². The molecule has 9 heteroatoms. The normalized spacial score (nSPS) is 14.5. The van der Waals surface area contributed by atoms with Gasteiger partial charge in [-0.2, -0.15) is 0 Å². The first kappa shape index (κ1) is 21.4. The lowest BCUT2D eigenvalue weighted by Gasteiger charge is -2.28. The summed E-state index contributed by atoms with van der Waals surface area (Å²) in [5, 5.41) is 0. The van der Waals surface area contributed by atoms with E-state index in [1.165, 1.54) is 0 Å². The summed E-state index contributed by atoms with van der Waals surface area (Å²) < 4.78 is 41.1. The third-order valence-corrected chi connectivity index (χ3v) is 9.05. The number of nitrogens with zero attached hydrogens (tertiary/aromatic N) is 2. The molecule has 7 nitrogen and oxygen atoms in total. The first-order valence-electron chi connectivity index (χ1n) is 10.1. The van der Waals surface area contributed by atoms with Gasteiger partial charge in [0, 0.05) is 18.8 Å². The summed E-state index contributed by atoms with van der Waals surface area (Å²) in [5.74, 6) is 1.77. The van der Waals surface area contributed by atoms with Gasteiger partial charge in [0.25, 0.3) is 10.0 Å². The molecule has 0 aliphatic carbocycles. The van der Waals surface area contributed by atoms with Gasteiger partial charge in [0.05, 0.1) is 18.7 Å². The van der Waals surface area contributed by atoms with Crippen LogP contribution in [0.4, 0.5) is 5.95 Å². The van der Waals surface area contributed by atoms with E-state index in [1.807, 2.05) is 31.3 Å². The number of hydrogen-bond acceptors (Lipinski definition) is 5. The van der Waals surface area contributed by atoms with Crippen molar-refractivity contribution in [2.24, 2.45) is 7.05 Å². The van der Waals surface area contributed by atoms with Crippen LogP contribution in [0.1, 0.15) is 22.4 Å². The number of anilines is 1. The summed E-state index contributed by atoms with van der Waals surface area (Å²) in [6.07, 6.45) is 1.90. The van der Waals surface area contributed by atoms with Crippen molar-refractivity contribution in [2.75, 3.05) is 11.5 Å². The number of hydrogen-bond donors (Lipinski definition) is 1. The van der Waals surface area contributed by atoms with Gasteiger partial charge in [-0.05, 0) is 36.8 Å². The average molecular weight is 458 g/mol. The molecule has 31 heavy (non-hydrogen) atoms. The molecule has 0 saturated carbocycles. The van der Waals surface area contributed by atoms with Crippen molar-refractivity contribution >= 4 is 24.0 Å². The third kappa shape index (κ3) is 4.33. The Balaban J connectivity index is 1.69. The molecule has 164 valence electrons. The van der Waals surface area contributed by atoms with Crippen molar-refractivity contribution in [3.05, 3.63) is 65.5 Å². The predicted octanol–water partition coefficient (Wildman–Crippen LogP) is 4.27. The number of fused-ring (bicyclic) bond motifs is 1. The Labute approximate surface area is 184 Å². The predicted molar refractivity (Wildman–Crippen MR) is 123 cm³/mol. The molecule has 1 unspecified atom stereocenters. The standard InChI is InChI=1S/C22H27N3O4SSi/c1-15-6-9-17(10-7-15)30(26,27)24-22-23-18(13-25(22)2)21(31(3,4)5)16-8-11-19-20(12-16)29-14-28-19/h6-13,21H,14H2,1-5H3,(H,23,24). The second kappa shape index (κ2) is 7.72. The van der Waals surface area contributed by atoms with Gasteiger partial charge in [0.1, 0.15) is 0 Å². The summed E-state index contributed by atoms with van der Waals surface area (Å²) in [5.41, 5.74) is 2.99. The molecule has 1 aromatic heterocycles. The topological polar surface area (TPSA) is 82.5 Å². The van der Waals surface area contributed by atoms with Crippen molar-refractivity contribution in [3.63, 3.8) is 0 Å². The zero-order valence-electron chi connectivity index (χ0n) is 18.3. The molecule has 0 spiro atoms. The highest BCUT2D eigenvalue weighted by Crippen LogP contribution is 2.40. The maximum absolute atomic E-state index is 12.9. The second-order valence-electron chi connectivity index (χ2n) is 8.93. The average Bonchev–Trinajstić information content (AvgIpc) is 3.27. The number of ether oxygens (including phenoxy) is 2. The van der Waals surface area contributed by atoms with Crippen molar-refractivity contribution < 1.29 is 17.9 Å². The second-order valence-corrected chi connectivity index (χ2v) is 15.9. The van der Waals surface area contributed by atoms with Gasteiger partial charge >= 0.3 is 0 Å². The zero-order valence-corrected chi connectivity index (χ0v) is 20.2. The van der Waals surface area contributed by atoms with Crippen LogP contribution in [0.15, 0.2) is 53.6 Å². The Morgan fingerprint density at radius 3 is 2.42 bits per heavy atom. The van der Waals surface area contributed by atoms with E-state index in [4.69, 9.17) is 14.5 Å². The first-order valence-corrected chi connectivity index (χ1v) is 15.1. The van der Waals surface area contributed by atoms with Gasteiger partial charge < -0.3 is 14.0 Å². The van der Waals surface area contributed by atoms with Crippen LogP contribution in [0.5, 0.6) is 11.5 Å². The zero-order chi connectivity index (χ0) is 22.4. The lowest BCUT2D eigenvalue weighted by Crippen LogP contribution is -2.32. The number of imidazole rings is 1. The van der Waals surface area contributed by atoms with E-state index >= 15 is 0 Å². The summed E-state index contributed by atoms with van der Waals surface area (Å²) in [7, 11) is -3.72. The SMILES string of the molecule is Cc1ccc(S(=O)(=O)Nc2nc(C(c3ccc4c(c3)OCO4)[Si](C)(C)C)cn2C)cc1. The molecule has 1 N–H and O–H groups in total. The van der Waals surface area contributed by atoms with Crippen LogP contribution in [-0.2, 0) is 17.1 Å². The van der Waals surface area contributed by atoms with E-state index in [0.29, 0.717) is 5.95 Å². The van der Waals surface area contributed by atoms with Crippen molar-refractivity contribution in [1.82, 2.24) is 9.55 Å². The van der Waals surface area contributed by atoms with Gasteiger partial charge in [-0.1, -0.05) is 43.4 Å². The summed E-state index contributed by atoms with van der Waals surface area (Å²) >= 11 is 0. The van der Waals surface area contributed by atoms with Crippen LogP contribution in [0.2, 0.25) is 19.6 Å². The Bertz CT molecular complexity index is 1210. The minimum Gasteiger partial charge on any atom is -0.454 e. The fraction of sp³-hybridized carbons (Fsp3) is 0.318. The van der Waals surface area contributed by atoms with Crippen LogP contribution < -0.4 is 14.2 Å². The molecule has 3 aromatic rings. The number of aryl methyl sites for hydroxylation is 2. The minimum absolute atomic E-state index is 0.0610. The van der Waals surface area contributed by atoms with Gasteiger partial charge in [-0.25, -0.2) is 18.1 Å². The van der Waals surface area contributed by atoms with Crippen LogP contribution >= 0.6 is 0 Å². The molecule has 0 radical (unpaired) electrons. The molecule has 0 amide bonds. The van der Waals surface area contributed by atoms with Crippen molar-refractivity contribution in [1.29, 1.82) is 0 Å².